The number of hydrogen-bond acceptors (Lipinski definition) is 2. The molecular weight excluding hydrogens is 214 g/mol. The molecule has 0 unspecified atom stereocenters. The molecule has 3 nitrogen and oxygen atoms in total. The standard InChI is InChI=1S/C11H12ClNO2/c12-9-3-1-2-8(4-9)5-11(15)13-6-10(14)7-13/h1-4,10,14H,5-7H2. The second kappa shape index (κ2) is 4.21. The molecule has 0 spiro atoms. The number of benzene rings is 1. The fourth-order valence-electron chi connectivity index (χ4n) is 1.59. The molecule has 1 aromatic carbocycles. The zero-order valence-corrected chi connectivity index (χ0v) is 8.94. The first-order valence-corrected chi connectivity index (χ1v) is 5.23. The van der Waals surface area contributed by atoms with Crippen LogP contribution in [0.4, 0.5) is 0 Å². The van der Waals surface area contributed by atoms with Crippen LogP contribution < -0.4 is 0 Å². The largest absolute Gasteiger partial charge is 0.389 e. The van der Waals surface area contributed by atoms with E-state index in [1.807, 2.05) is 12.1 Å². The summed E-state index contributed by atoms with van der Waals surface area (Å²) in [6, 6.07) is 7.27. The molecule has 2 rings (SSSR count). The van der Waals surface area contributed by atoms with Crippen molar-refractivity contribution in [3.05, 3.63) is 34.9 Å². The third-order valence-electron chi connectivity index (χ3n) is 2.46. The van der Waals surface area contributed by atoms with E-state index in [1.54, 1.807) is 17.0 Å². The van der Waals surface area contributed by atoms with E-state index in [1.165, 1.54) is 0 Å². The quantitative estimate of drug-likeness (QED) is 0.819. The minimum atomic E-state index is -0.340. The lowest BCUT2D eigenvalue weighted by Crippen LogP contribution is -2.53. The third-order valence-corrected chi connectivity index (χ3v) is 2.69. The summed E-state index contributed by atoms with van der Waals surface area (Å²) in [6.45, 7) is 0.915. The topological polar surface area (TPSA) is 40.5 Å². The Morgan fingerprint density at radius 1 is 1.53 bits per heavy atom. The maximum Gasteiger partial charge on any atom is 0.227 e. The highest BCUT2D eigenvalue weighted by Crippen LogP contribution is 2.14. The van der Waals surface area contributed by atoms with Crippen LogP contribution in [0.1, 0.15) is 5.56 Å². The van der Waals surface area contributed by atoms with Crippen LogP contribution in [0.25, 0.3) is 0 Å². The number of aliphatic hydroxyl groups excluding tert-OH is 1. The van der Waals surface area contributed by atoms with E-state index >= 15 is 0 Å². The molecule has 1 N–H and O–H groups in total. The molecule has 1 heterocycles. The van der Waals surface area contributed by atoms with Gasteiger partial charge in [-0.1, -0.05) is 23.7 Å². The fraction of sp³-hybridized carbons (Fsp3) is 0.364. The highest BCUT2D eigenvalue weighted by molar-refractivity contribution is 6.30. The molecular formula is C11H12ClNO2. The summed E-state index contributed by atoms with van der Waals surface area (Å²) in [6.07, 6.45) is 0.0149. The van der Waals surface area contributed by atoms with Crippen LogP contribution in [0, 0.1) is 0 Å². The van der Waals surface area contributed by atoms with Crippen molar-refractivity contribution in [1.82, 2.24) is 4.90 Å². The van der Waals surface area contributed by atoms with Crippen molar-refractivity contribution in [3.63, 3.8) is 0 Å². The van der Waals surface area contributed by atoms with Gasteiger partial charge in [0.1, 0.15) is 0 Å². The lowest BCUT2D eigenvalue weighted by Gasteiger charge is -2.35. The average molecular weight is 226 g/mol. The number of carbonyl (C=O) groups excluding carboxylic acids is 1. The number of carbonyl (C=O) groups is 1. The monoisotopic (exact) mass is 225 g/mol. The summed E-state index contributed by atoms with van der Waals surface area (Å²) in [5.41, 5.74) is 0.911. The van der Waals surface area contributed by atoms with Gasteiger partial charge in [0.2, 0.25) is 5.91 Å². The Morgan fingerprint density at radius 3 is 2.87 bits per heavy atom. The molecule has 1 fully saturated rings. The maximum atomic E-state index is 11.6. The summed E-state index contributed by atoms with van der Waals surface area (Å²) >= 11 is 5.81. The van der Waals surface area contributed by atoms with Gasteiger partial charge in [0, 0.05) is 18.1 Å². The van der Waals surface area contributed by atoms with Crippen molar-refractivity contribution in [2.45, 2.75) is 12.5 Å². The summed E-state index contributed by atoms with van der Waals surface area (Å²) in [7, 11) is 0. The van der Waals surface area contributed by atoms with E-state index in [0.29, 0.717) is 24.5 Å². The van der Waals surface area contributed by atoms with Crippen LogP contribution in [0.3, 0.4) is 0 Å². The zero-order valence-electron chi connectivity index (χ0n) is 8.19. The highest BCUT2D eigenvalue weighted by atomic mass is 35.5. The molecule has 1 aliphatic heterocycles. The van der Waals surface area contributed by atoms with E-state index in [-0.39, 0.29) is 12.0 Å². The second-order valence-corrected chi connectivity index (χ2v) is 4.20. The third kappa shape index (κ3) is 2.49. The van der Waals surface area contributed by atoms with E-state index in [9.17, 15) is 4.79 Å². The van der Waals surface area contributed by atoms with Crippen LogP contribution >= 0.6 is 11.6 Å². The predicted octanol–water partition coefficient (Wildman–Crippen LogP) is 1.09. The molecule has 4 heteroatoms. The van der Waals surface area contributed by atoms with Gasteiger partial charge < -0.3 is 10.0 Å². The zero-order chi connectivity index (χ0) is 10.8. The smallest absolute Gasteiger partial charge is 0.227 e. The lowest BCUT2D eigenvalue weighted by molar-refractivity contribution is -0.140. The van der Waals surface area contributed by atoms with Gasteiger partial charge in [0.15, 0.2) is 0 Å². The Hall–Kier alpha value is -1.06. The maximum absolute atomic E-state index is 11.6. The minimum Gasteiger partial charge on any atom is -0.389 e. The number of β-amino-alcohol motifs (C(OH)–C–C–N with tert-alkyl or cyclic N) is 1. The van der Waals surface area contributed by atoms with Crippen molar-refractivity contribution in [2.75, 3.05) is 13.1 Å². The molecule has 0 radical (unpaired) electrons. The summed E-state index contributed by atoms with van der Waals surface area (Å²) in [5.74, 6) is 0.0440. The van der Waals surface area contributed by atoms with Gasteiger partial charge in [-0.3, -0.25) is 4.79 Å². The normalized spacial score (nSPS) is 16.3. The van der Waals surface area contributed by atoms with E-state index in [2.05, 4.69) is 0 Å². The molecule has 1 amide bonds. The molecule has 80 valence electrons. The van der Waals surface area contributed by atoms with Crippen LogP contribution in [0.15, 0.2) is 24.3 Å². The number of hydrogen-bond donors (Lipinski definition) is 1. The minimum absolute atomic E-state index is 0.0440. The number of likely N-dealkylation sites (tertiary alicyclic amines) is 1. The SMILES string of the molecule is O=C(Cc1cccc(Cl)c1)N1CC(O)C1. The van der Waals surface area contributed by atoms with Crippen molar-refractivity contribution >= 4 is 17.5 Å². The summed E-state index contributed by atoms with van der Waals surface area (Å²) in [5, 5.41) is 9.70. The van der Waals surface area contributed by atoms with Crippen molar-refractivity contribution in [2.24, 2.45) is 0 Å². The molecule has 0 atom stereocenters. The molecule has 0 saturated carbocycles. The number of aliphatic hydroxyl groups is 1. The number of amides is 1. The highest BCUT2D eigenvalue weighted by Gasteiger charge is 2.28. The van der Waals surface area contributed by atoms with Gasteiger partial charge in [-0.25, -0.2) is 0 Å². The van der Waals surface area contributed by atoms with Gasteiger partial charge in [0.05, 0.1) is 12.5 Å². The fourth-order valence-corrected chi connectivity index (χ4v) is 1.81. The molecule has 1 aromatic rings. The summed E-state index contributed by atoms with van der Waals surface area (Å²) in [4.78, 5) is 13.3. The van der Waals surface area contributed by atoms with Crippen LogP contribution in [-0.2, 0) is 11.2 Å². The Bertz CT molecular complexity index is 375. The first kappa shape index (κ1) is 10.5. The average Bonchev–Trinajstić information content (AvgIpc) is 2.13. The van der Waals surface area contributed by atoms with Crippen LogP contribution in [0.5, 0.6) is 0 Å². The first-order chi connectivity index (χ1) is 7.15. The number of rotatable bonds is 2. The summed E-state index contributed by atoms with van der Waals surface area (Å²) < 4.78 is 0. The number of halogens is 1. The van der Waals surface area contributed by atoms with Gasteiger partial charge in [-0.2, -0.15) is 0 Å². The molecule has 1 saturated heterocycles. The Morgan fingerprint density at radius 2 is 2.27 bits per heavy atom. The van der Waals surface area contributed by atoms with Crippen molar-refractivity contribution in [1.29, 1.82) is 0 Å². The molecule has 0 bridgehead atoms. The lowest BCUT2D eigenvalue weighted by atomic mass is 10.1. The Labute approximate surface area is 93.3 Å². The molecule has 1 aliphatic rings. The van der Waals surface area contributed by atoms with Crippen LogP contribution in [-0.4, -0.2) is 35.1 Å². The van der Waals surface area contributed by atoms with E-state index < -0.39 is 0 Å². The van der Waals surface area contributed by atoms with Crippen molar-refractivity contribution < 1.29 is 9.90 Å². The molecule has 0 aliphatic carbocycles. The predicted molar refractivity (Wildman–Crippen MR) is 57.7 cm³/mol. The number of nitrogens with zero attached hydrogens (tertiary/aromatic N) is 1. The Balaban J connectivity index is 1.94. The van der Waals surface area contributed by atoms with E-state index in [4.69, 9.17) is 16.7 Å². The molecule has 0 aromatic heterocycles. The van der Waals surface area contributed by atoms with Crippen molar-refractivity contribution in [3.8, 4) is 0 Å². The van der Waals surface area contributed by atoms with E-state index in [0.717, 1.165) is 5.56 Å². The van der Waals surface area contributed by atoms with Crippen LogP contribution in [0.2, 0.25) is 5.02 Å². The van der Waals surface area contributed by atoms with Gasteiger partial charge in [-0.05, 0) is 17.7 Å². The molecule has 15 heavy (non-hydrogen) atoms. The second-order valence-electron chi connectivity index (χ2n) is 3.76. The van der Waals surface area contributed by atoms with Gasteiger partial charge >= 0.3 is 0 Å². The van der Waals surface area contributed by atoms with Gasteiger partial charge in [0.25, 0.3) is 0 Å². The Kier molecular flexibility index (Phi) is 2.93. The van der Waals surface area contributed by atoms with Gasteiger partial charge in [-0.15, -0.1) is 0 Å². The first-order valence-electron chi connectivity index (χ1n) is 4.85.